The Hall–Kier alpha value is -2.59. The van der Waals surface area contributed by atoms with Crippen LogP contribution in [0.1, 0.15) is 24.5 Å². The van der Waals surface area contributed by atoms with E-state index in [-0.39, 0.29) is 13.0 Å². The number of nitrogens with one attached hydrogen (secondary N) is 2. The van der Waals surface area contributed by atoms with Gasteiger partial charge in [0.25, 0.3) is 0 Å². The summed E-state index contributed by atoms with van der Waals surface area (Å²) in [5, 5.41) is 7.65. The van der Waals surface area contributed by atoms with E-state index in [1.165, 1.54) is 6.21 Å². The SMILES string of the molecule is CCOc1cc(C=NNC(=O)CC(=O)Nc2ccccc2Br)cc(Br)c1OCc1ccc(Cl)cc1Cl. The molecule has 3 aromatic rings. The van der Waals surface area contributed by atoms with Gasteiger partial charge >= 0.3 is 0 Å². The fourth-order valence-corrected chi connectivity index (χ4v) is 4.40. The van der Waals surface area contributed by atoms with Crippen LogP contribution in [0.2, 0.25) is 10.0 Å². The Kier molecular flexibility index (Phi) is 10.6. The van der Waals surface area contributed by atoms with Crippen molar-refractivity contribution in [1.82, 2.24) is 5.43 Å². The number of rotatable bonds is 10. The first kappa shape index (κ1) is 28.0. The van der Waals surface area contributed by atoms with E-state index >= 15 is 0 Å². The minimum Gasteiger partial charge on any atom is -0.490 e. The minimum absolute atomic E-state index is 0.208. The molecule has 3 rings (SSSR count). The Balaban J connectivity index is 1.62. The zero-order chi connectivity index (χ0) is 26.1. The Morgan fingerprint density at radius 2 is 1.78 bits per heavy atom. The Bertz CT molecular complexity index is 1290. The quantitative estimate of drug-likeness (QED) is 0.140. The Morgan fingerprint density at radius 1 is 1.00 bits per heavy atom. The van der Waals surface area contributed by atoms with Crippen molar-refractivity contribution >= 4 is 78.8 Å². The third kappa shape index (κ3) is 8.23. The first-order chi connectivity index (χ1) is 17.3. The molecule has 0 bridgehead atoms. The molecule has 188 valence electrons. The third-order valence-corrected chi connectivity index (χ3v) is 6.46. The number of hydrogen-bond acceptors (Lipinski definition) is 5. The summed E-state index contributed by atoms with van der Waals surface area (Å²) in [4.78, 5) is 24.2. The van der Waals surface area contributed by atoms with Crippen LogP contribution < -0.4 is 20.2 Å². The number of para-hydroxylation sites is 1. The predicted molar refractivity (Wildman–Crippen MR) is 149 cm³/mol. The fraction of sp³-hybridized carbons (Fsp3) is 0.160. The van der Waals surface area contributed by atoms with Gasteiger partial charge < -0.3 is 14.8 Å². The number of halogens is 4. The zero-order valence-electron chi connectivity index (χ0n) is 19.0. The normalized spacial score (nSPS) is 10.8. The average molecular weight is 658 g/mol. The highest BCUT2D eigenvalue weighted by Crippen LogP contribution is 2.37. The molecule has 0 unspecified atom stereocenters. The lowest BCUT2D eigenvalue weighted by Crippen LogP contribution is -2.24. The van der Waals surface area contributed by atoms with Crippen molar-refractivity contribution in [3.63, 3.8) is 0 Å². The molecule has 0 atom stereocenters. The van der Waals surface area contributed by atoms with Crippen LogP contribution in [0.25, 0.3) is 0 Å². The fourth-order valence-electron chi connectivity index (χ4n) is 2.98. The van der Waals surface area contributed by atoms with Crippen molar-refractivity contribution in [2.45, 2.75) is 20.0 Å². The Labute approximate surface area is 235 Å². The van der Waals surface area contributed by atoms with Gasteiger partial charge in [0.05, 0.1) is 23.0 Å². The van der Waals surface area contributed by atoms with E-state index in [0.29, 0.717) is 43.9 Å². The smallest absolute Gasteiger partial charge is 0.249 e. The summed E-state index contributed by atoms with van der Waals surface area (Å²) in [5.74, 6) is -0.0386. The summed E-state index contributed by atoms with van der Waals surface area (Å²) < 4.78 is 13.0. The van der Waals surface area contributed by atoms with Crippen molar-refractivity contribution in [2.75, 3.05) is 11.9 Å². The van der Waals surface area contributed by atoms with Gasteiger partial charge in [0.1, 0.15) is 13.0 Å². The highest BCUT2D eigenvalue weighted by molar-refractivity contribution is 9.11. The molecule has 0 spiro atoms. The number of anilines is 1. The lowest BCUT2D eigenvalue weighted by Gasteiger charge is -2.15. The summed E-state index contributed by atoms with van der Waals surface area (Å²) in [5.41, 5.74) is 4.34. The molecule has 2 amide bonds. The summed E-state index contributed by atoms with van der Waals surface area (Å²) >= 11 is 19.0. The highest BCUT2D eigenvalue weighted by Gasteiger charge is 2.14. The molecule has 36 heavy (non-hydrogen) atoms. The van der Waals surface area contributed by atoms with Crippen LogP contribution >= 0.6 is 55.1 Å². The summed E-state index contributed by atoms with van der Waals surface area (Å²) in [6.07, 6.45) is 1.06. The molecule has 0 saturated heterocycles. The van der Waals surface area contributed by atoms with Crippen molar-refractivity contribution in [1.29, 1.82) is 0 Å². The van der Waals surface area contributed by atoms with E-state index in [2.05, 4.69) is 47.7 Å². The van der Waals surface area contributed by atoms with Crippen LogP contribution in [-0.4, -0.2) is 24.6 Å². The number of hydrazone groups is 1. The van der Waals surface area contributed by atoms with Crippen molar-refractivity contribution < 1.29 is 19.1 Å². The van der Waals surface area contributed by atoms with Crippen molar-refractivity contribution in [3.05, 3.63) is 84.7 Å². The summed E-state index contributed by atoms with van der Waals surface area (Å²) in [6, 6.07) is 15.8. The second-order valence-electron chi connectivity index (χ2n) is 7.29. The standard InChI is InChI=1S/C25H21Br2Cl2N3O4/c1-2-35-22-10-15(9-19(27)25(22)36-14-16-7-8-17(28)11-20(16)29)13-30-32-24(34)12-23(33)31-21-6-4-3-5-18(21)26/h3-11,13H,2,12,14H2,1H3,(H,31,33)(H,32,34). The molecule has 0 aliphatic heterocycles. The second kappa shape index (κ2) is 13.6. The molecule has 0 aliphatic rings. The topological polar surface area (TPSA) is 89.0 Å². The molecule has 2 N–H and O–H groups in total. The van der Waals surface area contributed by atoms with E-state index in [4.69, 9.17) is 32.7 Å². The van der Waals surface area contributed by atoms with Gasteiger partial charge in [-0.15, -0.1) is 0 Å². The lowest BCUT2D eigenvalue weighted by atomic mass is 10.2. The molecule has 7 nitrogen and oxygen atoms in total. The van der Waals surface area contributed by atoms with E-state index < -0.39 is 11.8 Å². The van der Waals surface area contributed by atoms with E-state index in [0.717, 1.165) is 10.0 Å². The predicted octanol–water partition coefficient (Wildman–Crippen LogP) is 6.98. The van der Waals surface area contributed by atoms with Crippen LogP contribution in [0.5, 0.6) is 11.5 Å². The summed E-state index contributed by atoms with van der Waals surface area (Å²) in [7, 11) is 0. The van der Waals surface area contributed by atoms with E-state index in [9.17, 15) is 9.59 Å². The largest absolute Gasteiger partial charge is 0.490 e. The molecule has 0 heterocycles. The van der Waals surface area contributed by atoms with Gasteiger partial charge in [-0.1, -0.05) is 41.4 Å². The molecule has 0 fully saturated rings. The van der Waals surface area contributed by atoms with Gasteiger partial charge in [-0.05, 0) is 80.7 Å². The van der Waals surface area contributed by atoms with Gasteiger partial charge in [0.15, 0.2) is 11.5 Å². The van der Waals surface area contributed by atoms with Crippen LogP contribution in [0, 0.1) is 0 Å². The lowest BCUT2D eigenvalue weighted by molar-refractivity contribution is -0.126. The molecular weight excluding hydrogens is 637 g/mol. The number of carbonyl (C=O) groups excluding carboxylic acids is 2. The van der Waals surface area contributed by atoms with Crippen molar-refractivity contribution in [2.24, 2.45) is 5.10 Å². The number of carbonyl (C=O) groups is 2. The third-order valence-electron chi connectivity index (χ3n) is 4.59. The van der Waals surface area contributed by atoms with Crippen LogP contribution in [-0.2, 0) is 16.2 Å². The molecule has 0 radical (unpaired) electrons. The minimum atomic E-state index is -0.556. The van der Waals surface area contributed by atoms with Crippen LogP contribution in [0.3, 0.4) is 0 Å². The number of ether oxygens (including phenoxy) is 2. The number of amides is 2. The average Bonchev–Trinajstić information content (AvgIpc) is 2.81. The van der Waals surface area contributed by atoms with Crippen LogP contribution in [0.4, 0.5) is 5.69 Å². The first-order valence-corrected chi connectivity index (χ1v) is 13.0. The van der Waals surface area contributed by atoms with Crippen LogP contribution in [0.15, 0.2) is 68.6 Å². The van der Waals surface area contributed by atoms with Gasteiger partial charge in [-0.3, -0.25) is 9.59 Å². The zero-order valence-corrected chi connectivity index (χ0v) is 23.7. The molecule has 0 saturated carbocycles. The number of hydrogen-bond donors (Lipinski definition) is 2. The van der Waals surface area contributed by atoms with Gasteiger partial charge in [-0.2, -0.15) is 5.10 Å². The Morgan fingerprint density at radius 3 is 2.50 bits per heavy atom. The van der Waals surface area contributed by atoms with E-state index in [1.807, 2.05) is 13.0 Å². The van der Waals surface area contributed by atoms with Gasteiger partial charge in [0, 0.05) is 20.1 Å². The number of nitrogens with zero attached hydrogens (tertiary/aromatic N) is 1. The highest BCUT2D eigenvalue weighted by atomic mass is 79.9. The molecular formula is C25H21Br2Cl2N3O4. The monoisotopic (exact) mass is 655 g/mol. The maximum atomic E-state index is 12.1. The summed E-state index contributed by atoms with van der Waals surface area (Å²) in [6.45, 7) is 2.47. The van der Waals surface area contributed by atoms with E-state index in [1.54, 1.807) is 48.5 Å². The van der Waals surface area contributed by atoms with Gasteiger partial charge in [0.2, 0.25) is 11.8 Å². The maximum absolute atomic E-state index is 12.1. The van der Waals surface area contributed by atoms with Gasteiger partial charge in [-0.25, -0.2) is 5.43 Å². The van der Waals surface area contributed by atoms with Crippen molar-refractivity contribution in [3.8, 4) is 11.5 Å². The maximum Gasteiger partial charge on any atom is 0.249 e. The first-order valence-electron chi connectivity index (χ1n) is 10.7. The molecule has 3 aromatic carbocycles. The molecule has 0 aliphatic carbocycles. The second-order valence-corrected chi connectivity index (χ2v) is 9.84. The molecule has 11 heteroatoms. The molecule has 0 aromatic heterocycles. The number of benzene rings is 3.